The molecule has 0 spiro atoms. The minimum atomic E-state index is -0.562. The molecule has 0 bridgehead atoms. The molecule has 140 valence electrons. The van der Waals surface area contributed by atoms with Crippen LogP contribution in [-0.2, 0) is 4.79 Å². The molecule has 26 heavy (non-hydrogen) atoms. The summed E-state index contributed by atoms with van der Waals surface area (Å²) >= 11 is 0. The van der Waals surface area contributed by atoms with Gasteiger partial charge in [-0.25, -0.2) is 0 Å². The summed E-state index contributed by atoms with van der Waals surface area (Å²) in [5, 5.41) is 2.86. The van der Waals surface area contributed by atoms with Gasteiger partial charge in [-0.05, 0) is 61.6 Å². The van der Waals surface area contributed by atoms with E-state index in [1.165, 1.54) is 0 Å². The van der Waals surface area contributed by atoms with Crippen molar-refractivity contribution < 1.29 is 14.3 Å². The van der Waals surface area contributed by atoms with Gasteiger partial charge in [-0.3, -0.25) is 4.79 Å². The smallest absolute Gasteiger partial charge is 0.260 e. The van der Waals surface area contributed by atoms with Crippen molar-refractivity contribution in [3.8, 4) is 11.5 Å². The van der Waals surface area contributed by atoms with Gasteiger partial charge in [0.05, 0.1) is 6.54 Å². The quantitative estimate of drug-likeness (QED) is 0.715. The van der Waals surface area contributed by atoms with E-state index in [1.54, 1.807) is 6.92 Å². The molecule has 2 aromatic rings. The first-order valence-corrected chi connectivity index (χ1v) is 9.11. The molecule has 2 aromatic carbocycles. The van der Waals surface area contributed by atoms with Crippen molar-refractivity contribution in [1.82, 2.24) is 5.32 Å². The fraction of sp³-hybridized carbons (Fsp3) is 0.409. The first kappa shape index (κ1) is 19.8. The van der Waals surface area contributed by atoms with Crippen LogP contribution >= 0.6 is 0 Å². The Morgan fingerprint density at radius 2 is 1.77 bits per heavy atom. The van der Waals surface area contributed by atoms with Gasteiger partial charge in [0.25, 0.3) is 5.91 Å². The minimum absolute atomic E-state index is 0.144. The van der Waals surface area contributed by atoms with Gasteiger partial charge in [0, 0.05) is 0 Å². The Balaban J connectivity index is 1.83. The van der Waals surface area contributed by atoms with Crippen molar-refractivity contribution in [2.45, 2.75) is 46.6 Å². The van der Waals surface area contributed by atoms with Gasteiger partial charge in [0.2, 0.25) is 0 Å². The van der Waals surface area contributed by atoms with Crippen LogP contribution in [-0.4, -0.2) is 25.2 Å². The Morgan fingerprint density at radius 3 is 2.46 bits per heavy atom. The van der Waals surface area contributed by atoms with Crippen molar-refractivity contribution in [2.75, 3.05) is 13.2 Å². The van der Waals surface area contributed by atoms with Crippen LogP contribution in [0, 0.1) is 13.8 Å². The average Bonchev–Trinajstić information content (AvgIpc) is 2.58. The molecule has 0 aliphatic rings. The molecule has 0 aromatic heterocycles. The van der Waals surface area contributed by atoms with E-state index in [0.717, 1.165) is 28.2 Å². The van der Waals surface area contributed by atoms with E-state index >= 15 is 0 Å². The molecule has 0 radical (unpaired) electrons. The summed E-state index contributed by atoms with van der Waals surface area (Å²) in [7, 11) is 0. The predicted octanol–water partition coefficient (Wildman–Crippen LogP) is 4.39. The summed E-state index contributed by atoms with van der Waals surface area (Å²) in [4.78, 5) is 12.3. The summed E-state index contributed by atoms with van der Waals surface area (Å²) < 4.78 is 11.6. The molecule has 4 heteroatoms. The fourth-order valence-electron chi connectivity index (χ4n) is 2.66. The molecule has 0 saturated carbocycles. The van der Waals surface area contributed by atoms with Gasteiger partial charge >= 0.3 is 0 Å². The molecule has 0 heterocycles. The third-order valence-corrected chi connectivity index (χ3v) is 4.12. The summed E-state index contributed by atoms with van der Waals surface area (Å²) in [6, 6.07) is 14.0. The minimum Gasteiger partial charge on any atom is -0.492 e. The van der Waals surface area contributed by atoms with Crippen LogP contribution in [0.4, 0.5) is 0 Å². The van der Waals surface area contributed by atoms with Crippen molar-refractivity contribution in [3.05, 3.63) is 59.2 Å². The number of aryl methyl sites for hydroxylation is 2. The molecule has 4 nitrogen and oxygen atoms in total. The largest absolute Gasteiger partial charge is 0.492 e. The fourth-order valence-corrected chi connectivity index (χ4v) is 2.66. The number of carbonyl (C=O) groups is 1. The second-order valence-electron chi connectivity index (χ2n) is 6.91. The molecular formula is C22H29NO3. The highest BCUT2D eigenvalue weighted by Crippen LogP contribution is 2.28. The zero-order chi connectivity index (χ0) is 19.1. The lowest BCUT2D eigenvalue weighted by atomic mass is 10.0. The van der Waals surface area contributed by atoms with Crippen LogP contribution in [0.2, 0.25) is 0 Å². The number of rotatable bonds is 8. The van der Waals surface area contributed by atoms with Crippen LogP contribution in [0.15, 0.2) is 42.5 Å². The standard InChI is InChI=1S/C22H29NO3/c1-15(2)20-10-9-17(4)14-21(20)26-18(5)22(24)23-11-12-25-19-8-6-7-16(3)13-19/h6-10,13-15,18H,11-12H2,1-5H3,(H,23,24). The van der Waals surface area contributed by atoms with Crippen molar-refractivity contribution in [3.63, 3.8) is 0 Å². The van der Waals surface area contributed by atoms with Gasteiger partial charge in [-0.15, -0.1) is 0 Å². The molecule has 0 fully saturated rings. The Bertz CT molecular complexity index is 740. The first-order chi connectivity index (χ1) is 12.4. The highest BCUT2D eigenvalue weighted by atomic mass is 16.5. The van der Waals surface area contributed by atoms with Crippen LogP contribution in [0.1, 0.15) is 43.4 Å². The van der Waals surface area contributed by atoms with E-state index in [-0.39, 0.29) is 5.91 Å². The SMILES string of the molecule is Cc1cccc(OCCNC(=O)C(C)Oc2cc(C)ccc2C(C)C)c1. The third-order valence-electron chi connectivity index (χ3n) is 4.12. The van der Waals surface area contributed by atoms with E-state index in [2.05, 4.69) is 31.3 Å². The van der Waals surface area contributed by atoms with Gasteiger partial charge in [-0.2, -0.15) is 0 Å². The molecule has 1 amide bonds. The zero-order valence-corrected chi connectivity index (χ0v) is 16.3. The number of carbonyl (C=O) groups excluding carboxylic acids is 1. The van der Waals surface area contributed by atoms with Crippen LogP contribution in [0.5, 0.6) is 11.5 Å². The van der Waals surface area contributed by atoms with E-state index in [4.69, 9.17) is 9.47 Å². The summed E-state index contributed by atoms with van der Waals surface area (Å²) in [5.74, 6) is 1.78. The molecule has 0 aliphatic carbocycles. The number of hydrogen-bond acceptors (Lipinski definition) is 3. The lowest BCUT2D eigenvalue weighted by molar-refractivity contribution is -0.127. The Kier molecular flexibility index (Phi) is 7.07. The Labute approximate surface area is 156 Å². The molecule has 0 saturated heterocycles. The molecular weight excluding hydrogens is 326 g/mol. The lowest BCUT2D eigenvalue weighted by Gasteiger charge is -2.19. The summed E-state index contributed by atoms with van der Waals surface area (Å²) in [6.45, 7) is 10.9. The summed E-state index contributed by atoms with van der Waals surface area (Å²) in [6.07, 6.45) is -0.562. The van der Waals surface area contributed by atoms with Crippen LogP contribution in [0.25, 0.3) is 0 Å². The lowest BCUT2D eigenvalue weighted by Crippen LogP contribution is -2.38. The number of amides is 1. The van der Waals surface area contributed by atoms with Crippen LogP contribution in [0.3, 0.4) is 0 Å². The number of nitrogens with one attached hydrogen (secondary N) is 1. The number of hydrogen-bond donors (Lipinski definition) is 1. The Morgan fingerprint density at radius 1 is 1.04 bits per heavy atom. The van der Waals surface area contributed by atoms with Crippen molar-refractivity contribution in [2.24, 2.45) is 0 Å². The molecule has 2 rings (SSSR count). The number of ether oxygens (including phenoxy) is 2. The second kappa shape index (κ2) is 9.27. The van der Waals surface area contributed by atoms with Gasteiger partial charge in [-0.1, -0.05) is 38.1 Å². The van der Waals surface area contributed by atoms with E-state index in [9.17, 15) is 4.79 Å². The van der Waals surface area contributed by atoms with Gasteiger partial charge in [0.1, 0.15) is 18.1 Å². The monoisotopic (exact) mass is 355 g/mol. The van der Waals surface area contributed by atoms with Crippen LogP contribution < -0.4 is 14.8 Å². The number of benzene rings is 2. The van der Waals surface area contributed by atoms with E-state index in [1.807, 2.05) is 44.2 Å². The molecule has 1 unspecified atom stereocenters. The van der Waals surface area contributed by atoms with Crippen molar-refractivity contribution in [1.29, 1.82) is 0 Å². The third kappa shape index (κ3) is 5.80. The average molecular weight is 355 g/mol. The maximum atomic E-state index is 12.3. The van der Waals surface area contributed by atoms with Gasteiger partial charge in [0.15, 0.2) is 6.10 Å². The highest BCUT2D eigenvalue weighted by Gasteiger charge is 2.17. The predicted molar refractivity (Wildman–Crippen MR) is 105 cm³/mol. The normalized spacial score (nSPS) is 11.9. The topological polar surface area (TPSA) is 47.6 Å². The van der Waals surface area contributed by atoms with Gasteiger partial charge < -0.3 is 14.8 Å². The zero-order valence-electron chi connectivity index (χ0n) is 16.3. The molecule has 1 N–H and O–H groups in total. The maximum Gasteiger partial charge on any atom is 0.260 e. The molecule has 0 aliphatic heterocycles. The second-order valence-corrected chi connectivity index (χ2v) is 6.91. The summed E-state index contributed by atoms with van der Waals surface area (Å²) in [5.41, 5.74) is 3.37. The first-order valence-electron chi connectivity index (χ1n) is 9.11. The van der Waals surface area contributed by atoms with Crippen molar-refractivity contribution >= 4 is 5.91 Å². The van der Waals surface area contributed by atoms with E-state index in [0.29, 0.717) is 19.1 Å². The maximum absolute atomic E-state index is 12.3. The molecule has 1 atom stereocenters. The highest BCUT2D eigenvalue weighted by molar-refractivity contribution is 5.80. The Hall–Kier alpha value is -2.49. The van der Waals surface area contributed by atoms with E-state index < -0.39 is 6.10 Å².